The van der Waals surface area contributed by atoms with Gasteiger partial charge in [0.15, 0.2) is 5.82 Å². The quantitative estimate of drug-likeness (QED) is 0.427. The summed E-state index contributed by atoms with van der Waals surface area (Å²) in [6, 6.07) is 23.9. The van der Waals surface area contributed by atoms with E-state index in [0.29, 0.717) is 12.4 Å². The fraction of sp³-hybridized carbons (Fsp3) is 0.231. The van der Waals surface area contributed by atoms with Gasteiger partial charge in [0.25, 0.3) is 0 Å². The molecule has 31 heavy (non-hydrogen) atoms. The molecule has 4 rings (SSSR count). The van der Waals surface area contributed by atoms with Crippen molar-refractivity contribution in [3.8, 4) is 5.75 Å². The van der Waals surface area contributed by atoms with Crippen LogP contribution in [0.15, 0.2) is 77.3 Å². The predicted octanol–water partition coefficient (Wildman–Crippen LogP) is 5.89. The summed E-state index contributed by atoms with van der Waals surface area (Å²) in [6.07, 6.45) is 0.253. The van der Waals surface area contributed by atoms with E-state index >= 15 is 0 Å². The number of ether oxygens (including phenoxy) is 1. The maximum Gasteiger partial charge on any atom is 0.230 e. The normalized spacial score (nSPS) is 11.5. The molecule has 0 bridgehead atoms. The van der Waals surface area contributed by atoms with Crippen LogP contribution in [-0.2, 0) is 23.2 Å². The van der Waals surface area contributed by atoms with Gasteiger partial charge in [0, 0.05) is 11.5 Å². The molecule has 0 saturated carbocycles. The monoisotopic (exact) mass is 414 g/mol. The van der Waals surface area contributed by atoms with E-state index in [9.17, 15) is 4.79 Å². The highest BCUT2D eigenvalue weighted by atomic mass is 16.5. The van der Waals surface area contributed by atoms with Crippen molar-refractivity contribution in [2.75, 3.05) is 5.32 Å². The lowest BCUT2D eigenvalue weighted by Gasteiger charge is -2.12. The van der Waals surface area contributed by atoms with Crippen LogP contribution >= 0.6 is 0 Å². The minimum atomic E-state index is -0.154. The summed E-state index contributed by atoms with van der Waals surface area (Å²) in [6.45, 7) is 6.58. The standard InChI is InChI=1S/C26H26N2O3/c1-26(2,3)23-16-24(28-31-23)27-25(29)15-18-9-12-22(13-10-18)30-17-19-8-11-20-6-4-5-7-21(20)14-19/h4-14,16H,15,17H2,1-3H3,(H,27,28,29). The van der Waals surface area contributed by atoms with Crippen molar-refractivity contribution in [1.29, 1.82) is 0 Å². The fourth-order valence-corrected chi connectivity index (χ4v) is 3.26. The Morgan fingerprint density at radius 2 is 1.65 bits per heavy atom. The first kappa shape index (κ1) is 20.7. The van der Waals surface area contributed by atoms with Gasteiger partial charge in [-0.1, -0.05) is 74.5 Å². The molecular weight excluding hydrogens is 388 g/mol. The molecule has 0 aliphatic heterocycles. The number of hydrogen-bond acceptors (Lipinski definition) is 4. The number of anilines is 1. The Bertz CT molecular complexity index is 1190. The van der Waals surface area contributed by atoms with E-state index in [1.165, 1.54) is 10.8 Å². The zero-order chi connectivity index (χ0) is 21.8. The van der Waals surface area contributed by atoms with Crippen molar-refractivity contribution in [3.63, 3.8) is 0 Å². The third kappa shape index (κ3) is 5.31. The largest absolute Gasteiger partial charge is 0.489 e. The number of amides is 1. The summed E-state index contributed by atoms with van der Waals surface area (Å²) in [5, 5.41) is 9.12. The first-order valence-electron chi connectivity index (χ1n) is 10.3. The molecule has 0 aliphatic carbocycles. The number of hydrogen-bond donors (Lipinski definition) is 1. The molecule has 0 aliphatic rings. The lowest BCUT2D eigenvalue weighted by atomic mass is 9.93. The van der Waals surface area contributed by atoms with Crippen LogP contribution in [0.4, 0.5) is 5.82 Å². The van der Waals surface area contributed by atoms with Crippen LogP contribution in [0.5, 0.6) is 5.75 Å². The Balaban J connectivity index is 1.31. The molecule has 0 fully saturated rings. The number of carbonyl (C=O) groups excluding carboxylic acids is 1. The highest BCUT2D eigenvalue weighted by Gasteiger charge is 2.20. The van der Waals surface area contributed by atoms with Gasteiger partial charge in [-0.15, -0.1) is 0 Å². The van der Waals surface area contributed by atoms with Crippen molar-refractivity contribution < 1.29 is 14.1 Å². The lowest BCUT2D eigenvalue weighted by Crippen LogP contribution is -2.14. The van der Waals surface area contributed by atoms with E-state index in [0.717, 1.165) is 22.6 Å². The molecule has 1 N–H and O–H groups in total. The van der Waals surface area contributed by atoms with Crippen LogP contribution in [0.25, 0.3) is 10.8 Å². The Kier molecular flexibility index (Phi) is 5.76. The second kappa shape index (κ2) is 8.64. The maximum atomic E-state index is 12.3. The lowest BCUT2D eigenvalue weighted by molar-refractivity contribution is -0.115. The zero-order valence-electron chi connectivity index (χ0n) is 18.0. The molecule has 0 atom stereocenters. The van der Waals surface area contributed by atoms with E-state index in [1.54, 1.807) is 6.07 Å². The van der Waals surface area contributed by atoms with E-state index < -0.39 is 0 Å². The van der Waals surface area contributed by atoms with Crippen LogP contribution in [0, 0.1) is 0 Å². The SMILES string of the molecule is CC(C)(C)c1cc(NC(=O)Cc2ccc(OCc3ccc4ccccc4c3)cc2)no1. The molecular formula is C26H26N2O3. The van der Waals surface area contributed by atoms with Gasteiger partial charge in [-0.3, -0.25) is 4.79 Å². The summed E-state index contributed by atoms with van der Waals surface area (Å²) in [5.74, 6) is 1.79. The van der Waals surface area contributed by atoms with Crippen LogP contribution < -0.4 is 10.1 Å². The average molecular weight is 415 g/mol. The Hall–Kier alpha value is -3.60. The van der Waals surface area contributed by atoms with Gasteiger partial charge in [-0.05, 0) is 40.1 Å². The highest BCUT2D eigenvalue weighted by Crippen LogP contribution is 2.24. The summed E-state index contributed by atoms with van der Waals surface area (Å²) in [5.41, 5.74) is 1.86. The summed E-state index contributed by atoms with van der Waals surface area (Å²) >= 11 is 0. The first-order chi connectivity index (χ1) is 14.9. The summed E-state index contributed by atoms with van der Waals surface area (Å²) in [4.78, 5) is 12.3. The smallest absolute Gasteiger partial charge is 0.230 e. The van der Waals surface area contributed by atoms with Gasteiger partial charge in [-0.25, -0.2) is 0 Å². The fourth-order valence-electron chi connectivity index (χ4n) is 3.26. The third-order valence-corrected chi connectivity index (χ3v) is 5.02. The molecule has 1 amide bonds. The molecule has 158 valence electrons. The van der Waals surface area contributed by atoms with Crippen LogP contribution in [0.2, 0.25) is 0 Å². The molecule has 0 unspecified atom stereocenters. The number of rotatable bonds is 6. The van der Waals surface area contributed by atoms with Crippen molar-refractivity contribution in [2.24, 2.45) is 0 Å². The van der Waals surface area contributed by atoms with E-state index in [-0.39, 0.29) is 17.7 Å². The maximum absolute atomic E-state index is 12.3. The van der Waals surface area contributed by atoms with Gasteiger partial charge < -0.3 is 14.6 Å². The molecule has 0 radical (unpaired) electrons. The molecule has 3 aromatic carbocycles. The van der Waals surface area contributed by atoms with Crippen molar-refractivity contribution in [3.05, 3.63) is 89.7 Å². The number of nitrogens with zero attached hydrogens (tertiary/aromatic N) is 1. The van der Waals surface area contributed by atoms with Gasteiger partial charge in [0.05, 0.1) is 6.42 Å². The Labute approximate surface area is 182 Å². The molecule has 5 nitrogen and oxygen atoms in total. The number of nitrogens with one attached hydrogen (secondary N) is 1. The third-order valence-electron chi connectivity index (χ3n) is 5.02. The van der Waals surface area contributed by atoms with Crippen molar-refractivity contribution in [1.82, 2.24) is 5.16 Å². The predicted molar refractivity (Wildman–Crippen MR) is 122 cm³/mol. The number of fused-ring (bicyclic) bond motifs is 1. The van der Waals surface area contributed by atoms with Gasteiger partial charge in [-0.2, -0.15) is 0 Å². The van der Waals surface area contributed by atoms with Crippen LogP contribution in [0.1, 0.15) is 37.7 Å². The second-order valence-corrected chi connectivity index (χ2v) is 8.67. The number of carbonyl (C=O) groups is 1. The molecule has 5 heteroatoms. The number of benzene rings is 3. The summed E-state index contributed by atoms with van der Waals surface area (Å²) in [7, 11) is 0. The van der Waals surface area contributed by atoms with E-state index in [1.807, 2.05) is 57.2 Å². The zero-order valence-corrected chi connectivity index (χ0v) is 18.0. The van der Waals surface area contributed by atoms with Gasteiger partial charge in [0.1, 0.15) is 18.1 Å². The first-order valence-corrected chi connectivity index (χ1v) is 10.3. The molecule has 1 aromatic heterocycles. The Morgan fingerprint density at radius 1 is 0.935 bits per heavy atom. The van der Waals surface area contributed by atoms with Gasteiger partial charge >= 0.3 is 0 Å². The van der Waals surface area contributed by atoms with Crippen LogP contribution in [-0.4, -0.2) is 11.1 Å². The van der Waals surface area contributed by atoms with Gasteiger partial charge in [0.2, 0.25) is 5.91 Å². The average Bonchev–Trinajstić information content (AvgIpc) is 3.22. The topological polar surface area (TPSA) is 64.4 Å². The highest BCUT2D eigenvalue weighted by molar-refractivity contribution is 5.91. The Morgan fingerprint density at radius 3 is 2.35 bits per heavy atom. The molecule has 1 heterocycles. The minimum Gasteiger partial charge on any atom is -0.489 e. The molecule has 0 spiro atoms. The second-order valence-electron chi connectivity index (χ2n) is 8.67. The number of aromatic nitrogens is 1. The van der Waals surface area contributed by atoms with Crippen molar-refractivity contribution in [2.45, 2.75) is 39.2 Å². The minimum absolute atomic E-state index is 0.140. The summed E-state index contributed by atoms with van der Waals surface area (Å²) < 4.78 is 11.2. The van der Waals surface area contributed by atoms with Crippen LogP contribution in [0.3, 0.4) is 0 Å². The van der Waals surface area contributed by atoms with Crippen molar-refractivity contribution >= 4 is 22.5 Å². The van der Waals surface area contributed by atoms with E-state index in [4.69, 9.17) is 9.26 Å². The molecule has 4 aromatic rings. The van der Waals surface area contributed by atoms with E-state index in [2.05, 4.69) is 40.8 Å². The molecule has 0 saturated heterocycles.